The third-order valence-electron chi connectivity index (χ3n) is 7.55. The third-order valence-corrected chi connectivity index (χ3v) is 7.55. The molecule has 1 saturated heterocycles. The van der Waals surface area contributed by atoms with E-state index in [1.165, 1.54) is 26.1 Å². The zero-order valence-corrected chi connectivity index (χ0v) is 21.8. The lowest BCUT2D eigenvalue weighted by atomic mass is 9.91. The lowest BCUT2D eigenvalue weighted by Crippen LogP contribution is -2.20. The average molecular weight is 518 g/mol. The molecule has 1 aromatic heterocycles. The third kappa shape index (κ3) is 5.60. The van der Waals surface area contributed by atoms with Crippen molar-refractivity contribution in [3.63, 3.8) is 0 Å². The topological polar surface area (TPSA) is 81.1 Å². The summed E-state index contributed by atoms with van der Waals surface area (Å²) in [5.41, 5.74) is 5.46. The van der Waals surface area contributed by atoms with Gasteiger partial charge in [-0.15, -0.1) is 4.91 Å². The number of amides is 1. The van der Waals surface area contributed by atoms with E-state index in [0.29, 0.717) is 17.9 Å². The smallest absolute Gasteiger partial charge is 0.289 e. The number of aromatic nitrogens is 1. The molecule has 0 N–H and O–H groups in total. The van der Waals surface area contributed by atoms with Gasteiger partial charge in [0.05, 0.1) is 13.3 Å². The van der Waals surface area contributed by atoms with Crippen molar-refractivity contribution in [1.82, 2.24) is 9.88 Å². The van der Waals surface area contributed by atoms with Gasteiger partial charge in [0.1, 0.15) is 17.7 Å². The number of rotatable bonds is 8. The molecule has 3 aromatic rings. The van der Waals surface area contributed by atoms with Crippen LogP contribution in [0, 0.1) is 16.6 Å². The maximum Gasteiger partial charge on any atom is 0.289 e. The van der Waals surface area contributed by atoms with Gasteiger partial charge < -0.3 is 9.47 Å². The van der Waals surface area contributed by atoms with E-state index in [1.54, 1.807) is 13.0 Å². The molecule has 2 aliphatic heterocycles. The van der Waals surface area contributed by atoms with Gasteiger partial charge in [-0.3, -0.25) is 9.69 Å². The van der Waals surface area contributed by atoms with E-state index in [1.807, 2.05) is 30.3 Å². The number of carbonyl (C=O) groups is 1. The normalized spacial score (nSPS) is 17.9. The van der Waals surface area contributed by atoms with Crippen molar-refractivity contribution in [2.75, 3.05) is 20.2 Å². The van der Waals surface area contributed by atoms with Crippen LogP contribution in [0.3, 0.4) is 0 Å². The zero-order valence-electron chi connectivity index (χ0n) is 21.8. The Morgan fingerprint density at radius 2 is 2.00 bits per heavy atom. The van der Waals surface area contributed by atoms with Crippen LogP contribution in [0.25, 0.3) is 11.1 Å². The highest BCUT2D eigenvalue weighted by Gasteiger charge is 2.25. The number of fused-ring (bicyclic) bond motifs is 1. The summed E-state index contributed by atoms with van der Waals surface area (Å²) in [7, 11) is 1.53. The van der Waals surface area contributed by atoms with E-state index in [2.05, 4.69) is 21.1 Å². The Balaban J connectivity index is 1.44. The molecular weight excluding hydrogens is 485 g/mol. The number of hydrogen-bond acceptors (Lipinski definition) is 6. The summed E-state index contributed by atoms with van der Waals surface area (Å²) in [6, 6.07) is 13.8. The number of nitroso groups, excluding NO2 is 1. The Labute approximate surface area is 222 Å². The number of ether oxygens (including phenoxy) is 2. The van der Waals surface area contributed by atoms with Crippen LogP contribution in [0.5, 0.6) is 11.6 Å². The zero-order chi connectivity index (χ0) is 26.6. The van der Waals surface area contributed by atoms with E-state index in [9.17, 15) is 14.1 Å². The van der Waals surface area contributed by atoms with Crippen molar-refractivity contribution in [1.29, 1.82) is 0 Å². The first-order valence-corrected chi connectivity index (χ1v) is 13.2. The summed E-state index contributed by atoms with van der Waals surface area (Å²) in [5.74, 6) is -0.324. The van der Waals surface area contributed by atoms with E-state index in [0.717, 1.165) is 66.0 Å². The van der Waals surface area contributed by atoms with Gasteiger partial charge in [0, 0.05) is 29.3 Å². The Morgan fingerprint density at radius 3 is 2.76 bits per heavy atom. The molecule has 198 valence electrons. The van der Waals surface area contributed by atoms with Gasteiger partial charge in [-0.25, -0.2) is 9.37 Å². The second kappa shape index (κ2) is 11.4. The molecule has 0 bridgehead atoms. The summed E-state index contributed by atoms with van der Waals surface area (Å²) < 4.78 is 26.6. The fourth-order valence-electron chi connectivity index (χ4n) is 5.43. The lowest BCUT2D eigenvalue weighted by molar-refractivity contribution is -0.121. The number of methoxy groups -OCH3 is 1. The first kappa shape index (κ1) is 26.0. The van der Waals surface area contributed by atoms with Gasteiger partial charge in [0.25, 0.3) is 5.91 Å². The Kier molecular flexibility index (Phi) is 7.79. The number of pyridine rings is 1. The summed E-state index contributed by atoms with van der Waals surface area (Å²) in [6.07, 6.45) is 5.54. The van der Waals surface area contributed by atoms with Gasteiger partial charge in [0.2, 0.25) is 5.88 Å². The van der Waals surface area contributed by atoms with Crippen molar-refractivity contribution in [3.8, 4) is 22.8 Å². The number of nitrogens with zero attached hydrogens (tertiary/aromatic N) is 3. The van der Waals surface area contributed by atoms with Crippen molar-refractivity contribution >= 4 is 5.91 Å². The average Bonchev–Trinajstić information content (AvgIpc) is 3.45. The molecule has 0 aliphatic carbocycles. The van der Waals surface area contributed by atoms with Gasteiger partial charge in [0.15, 0.2) is 0 Å². The molecule has 2 atom stereocenters. The molecule has 1 amide bonds. The van der Waals surface area contributed by atoms with Gasteiger partial charge in [-0.2, -0.15) is 0 Å². The van der Waals surface area contributed by atoms with E-state index >= 15 is 0 Å². The fraction of sp³-hybridized carbons (Fsp3) is 0.400. The van der Waals surface area contributed by atoms with Gasteiger partial charge in [-0.1, -0.05) is 37.3 Å². The minimum absolute atomic E-state index is 0.142. The molecule has 1 unspecified atom stereocenters. The number of hydrogen-bond donors (Lipinski definition) is 0. The van der Waals surface area contributed by atoms with Crippen LogP contribution in [-0.2, 0) is 24.2 Å². The standard InChI is InChI=1S/C30H32FN3O4/c1-19(30(35)33-36)13-20-5-6-21-8-10-27(38-28(21)14-20)22-7-9-24(23(15-22)18-34-11-3-4-12-34)25-16-29(37-2)32-17-26(25)31/h5-7,9,14-17,19,27H,3-4,8,10-13,18H2,1-2H3/t19-,27?/m0/s1. The number of benzene rings is 2. The molecule has 0 radical (unpaired) electrons. The fourth-order valence-corrected chi connectivity index (χ4v) is 5.43. The van der Waals surface area contributed by atoms with Crippen LogP contribution in [0.4, 0.5) is 4.39 Å². The maximum absolute atomic E-state index is 14.9. The second-order valence-electron chi connectivity index (χ2n) is 10.2. The molecule has 7 nitrogen and oxygen atoms in total. The monoisotopic (exact) mass is 517 g/mol. The van der Waals surface area contributed by atoms with Crippen LogP contribution < -0.4 is 9.47 Å². The van der Waals surface area contributed by atoms with Crippen LogP contribution in [0.1, 0.15) is 54.5 Å². The molecule has 38 heavy (non-hydrogen) atoms. The number of aryl methyl sites for hydroxylation is 1. The predicted octanol–water partition coefficient (Wildman–Crippen LogP) is 6.03. The highest BCUT2D eigenvalue weighted by molar-refractivity contribution is 5.79. The largest absolute Gasteiger partial charge is 0.485 e. The van der Waals surface area contributed by atoms with Crippen LogP contribution in [-0.4, -0.2) is 36.0 Å². The molecule has 8 heteroatoms. The minimum atomic E-state index is -0.643. The maximum atomic E-state index is 14.9. The molecular formula is C30H32FN3O4. The first-order chi connectivity index (χ1) is 18.4. The predicted molar refractivity (Wildman–Crippen MR) is 142 cm³/mol. The van der Waals surface area contributed by atoms with Crippen molar-refractivity contribution in [3.05, 3.63) is 81.6 Å². The summed E-state index contributed by atoms with van der Waals surface area (Å²) >= 11 is 0. The highest BCUT2D eigenvalue weighted by Crippen LogP contribution is 2.38. The molecule has 2 aliphatic rings. The Bertz CT molecular complexity index is 1340. The highest BCUT2D eigenvalue weighted by atomic mass is 19.1. The summed E-state index contributed by atoms with van der Waals surface area (Å²) in [4.78, 5) is 28.7. The molecule has 5 rings (SSSR count). The van der Waals surface area contributed by atoms with Crippen LogP contribution in [0.15, 0.2) is 53.8 Å². The number of carbonyl (C=O) groups excluding carboxylic acids is 1. The first-order valence-electron chi connectivity index (χ1n) is 13.2. The van der Waals surface area contributed by atoms with Gasteiger partial charge in [-0.05, 0) is 79.1 Å². The number of halogens is 1. The van der Waals surface area contributed by atoms with E-state index < -0.39 is 11.8 Å². The summed E-state index contributed by atoms with van der Waals surface area (Å²) in [6.45, 7) is 4.50. The SMILES string of the molecule is COc1cc(-c2ccc(C3CCc4ccc(C[C@H](C)C(=O)N=O)cc4O3)cc2CN2CCCC2)c(F)cn1. The van der Waals surface area contributed by atoms with Gasteiger partial charge >= 0.3 is 0 Å². The van der Waals surface area contributed by atoms with Crippen LogP contribution >= 0.6 is 0 Å². The number of likely N-dealkylation sites (tertiary alicyclic amines) is 1. The van der Waals surface area contributed by atoms with Crippen LogP contribution in [0.2, 0.25) is 0 Å². The molecule has 0 saturated carbocycles. The molecule has 1 fully saturated rings. The quantitative estimate of drug-likeness (QED) is 0.340. The molecule has 3 heterocycles. The van der Waals surface area contributed by atoms with Crippen molar-refractivity contribution in [2.45, 2.75) is 51.7 Å². The van der Waals surface area contributed by atoms with Crippen molar-refractivity contribution < 1.29 is 18.7 Å². The Morgan fingerprint density at radius 1 is 1.18 bits per heavy atom. The summed E-state index contributed by atoms with van der Waals surface area (Å²) in [5, 5.41) is 2.56. The molecule has 0 spiro atoms. The Hall–Kier alpha value is -3.65. The van der Waals surface area contributed by atoms with Crippen molar-refractivity contribution in [2.24, 2.45) is 11.1 Å². The van der Waals surface area contributed by atoms with E-state index in [-0.39, 0.29) is 11.9 Å². The lowest BCUT2D eigenvalue weighted by Gasteiger charge is -2.28. The second-order valence-corrected chi connectivity index (χ2v) is 10.2. The molecule has 2 aromatic carbocycles. The van der Waals surface area contributed by atoms with E-state index in [4.69, 9.17) is 9.47 Å². The minimum Gasteiger partial charge on any atom is -0.485 e.